The Hall–Kier alpha value is -1.93. The van der Waals surface area contributed by atoms with Crippen molar-refractivity contribution < 1.29 is 0 Å². The molecule has 0 saturated heterocycles. The van der Waals surface area contributed by atoms with E-state index in [2.05, 4.69) is 54.4 Å². The Morgan fingerprint density at radius 2 is 1.79 bits per heavy atom. The Kier molecular flexibility index (Phi) is 3.43. The van der Waals surface area contributed by atoms with Crippen molar-refractivity contribution in [1.82, 2.24) is 4.98 Å². The van der Waals surface area contributed by atoms with Crippen molar-refractivity contribution in [2.45, 2.75) is 13.3 Å². The standard InChI is InChI=1S/C17H15NS/c1-13-15(11-14-7-3-2-4-8-14)12-17(19-13)16-9-5-6-10-18-16/h2-10,12H,11H2,1H3. The minimum Gasteiger partial charge on any atom is -0.255 e. The van der Waals surface area contributed by atoms with Crippen molar-refractivity contribution in [2.75, 3.05) is 0 Å². The molecule has 19 heavy (non-hydrogen) atoms. The topological polar surface area (TPSA) is 12.9 Å². The lowest BCUT2D eigenvalue weighted by Gasteiger charge is -1.99. The van der Waals surface area contributed by atoms with Crippen molar-refractivity contribution in [3.8, 4) is 10.6 Å². The van der Waals surface area contributed by atoms with Crippen LogP contribution in [-0.4, -0.2) is 4.98 Å². The molecule has 3 rings (SSSR count). The van der Waals surface area contributed by atoms with E-state index >= 15 is 0 Å². The Labute approximate surface area is 117 Å². The molecule has 2 aromatic heterocycles. The summed E-state index contributed by atoms with van der Waals surface area (Å²) in [6, 6.07) is 18.9. The van der Waals surface area contributed by atoms with Gasteiger partial charge in [0.2, 0.25) is 0 Å². The largest absolute Gasteiger partial charge is 0.255 e. The summed E-state index contributed by atoms with van der Waals surface area (Å²) in [6.07, 6.45) is 2.84. The first kappa shape index (κ1) is 12.1. The van der Waals surface area contributed by atoms with Gasteiger partial charge in [-0.1, -0.05) is 36.4 Å². The second kappa shape index (κ2) is 5.37. The highest BCUT2D eigenvalue weighted by Gasteiger charge is 2.08. The van der Waals surface area contributed by atoms with Crippen molar-refractivity contribution in [3.05, 3.63) is 76.8 Å². The van der Waals surface area contributed by atoms with Gasteiger partial charge in [-0.15, -0.1) is 11.3 Å². The molecule has 0 aliphatic heterocycles. The number of rotatable bonds is 3. The molecule has 0 aliphatic carbocycles. The van der Waals surface area contributed by atoms with Crippen LogP contribution in [0.15, 0.2) is 60.8 Å². The summed E-state index contributed by atoms with van der Waals surface area (Å²) in [5.74, 6) is 0. The molecule has 0 bridgehead atoms. The summed E-state index contributed by atoms with van der Waals surface area (Å²) in [4.78, 5) is 7.05. The van der Waals surface area contributed by atoms with E-state index in [0.29, 0.717) is 0 Å². The van der Waals surface area contributed by atoms with Gasteiger partial charge >= 0.3 is 0 Å². The lowest BCUT2D eigenvalue weighted by molar-refractivity contribution is 1.18. The SMILES string of the molecule is Cc1sc(-c2ccccn2)cc1Cc1ccccc1. The van der Waals surface area contributed by atoms with Gasteiger partial charge in [0.15, 0.2) is 0 Å². The predicted molar refractivity (Wildman–Crippen MR) is 81.5 cm³/mol. The van der Waals surface area contributed by atoms with Crippen molar-refractivity contribution in [2.24, 2.45) is 0 Å². The number of nitrogens with zero attached hydrogens (tertiary/aromatic N) is 1. The molecule has 94 valence electrons. The smallest absolute Gasteiger partial charge is 0.0801 e. The van der Waals surface area contributed by atoms with Crippen LogP contribution in [0.2, 0.25) is 0 Å². The number of pyridine rings is 1. The average Bonchev–Trinajstić information content (AvgIpc) is 2.82. The van der Waals surface area contributed by atoms with E-state index < -0.39 is 0 Å². The molecule has 3 aromatic rings. The summed E-state index contributed by atoms with van der Waals surface area (Å²) in [5.41, 5.74) is 3.82. The zero-order valence-electron chi connectivity index (χ0n) is 10.8. The lowest BCUT2D eigenvalue weighted by atomic mass is 10.1. The average molecular weight is 265 g/mol. The normalized spacial score (nSPS) is 10.6. The summed E-state index contributed by atoms with van der Waals surface area (Å²) in [6.45, 7) is 2.19. The van der Waals surface area contributed by atoms with E-state index in [-0.39, 0.29) is 0 Å². The van der Waals surface area contributed by atoms with Crippen LogP contribution >= 0.6 is 11.3 Å². The maximum Gasteiger partial charge on any atom is 0.0801 e. The fourth-order valence-electron chi connectivity index (χ4n) is 2.15. The Morgan fingerprint density at radius 1 is 1.00 bits per heavy atom. The van der Waals surface area contributed by atoms with Crippen molar-refractivity contribution in [1.29, 1.82) is 0 Å². The summed E-state index contributed by atoms with van der Waals surface area (Å²) in [5, 5.41) is 0. The third-order valence-corrected chi connectivity index (χ3v) is 4.29. The molecule has 0 amide bonds. The van der Waals surface area contributed by atoms with Gasteiger partial charge in [0.1, 0.15) is 0 Å². The minimum atomic E-state index is 0.996. The number of aryl methyl sites for hydroxylation is 1. The molecular weight excluding hydrogens is 250 g/mol. The molecule has 0 fully saturated rings. The molecule has 0 aliphatic rings. The number of thiophene rings is 1. The highest BCUT2D eigenvalue weighted by molar-refractivity contribution is 7.15. The first-order chi connectivity index (χ1) is 9.33. The zero-order chi connectivity index (χ0) is 13.1. The van der Waals surface area contributed by atoms with Crippen LogP contribution in [0.3, 0.4) is 0 Å². The lowest BCUT2D eigenvalue weighted by Crippen LogP contribution is -1.86. The third kappa shape index (κ3) is 2.74. The van der Waals surface area contributed by atoms with Gasteiger partial charge in [-0.05, 0) is 42.7 Å². The Bertz CT molecular complexity index is 656. The van der Waals surface area contributed by atoms with Crippen LogP contribution in [0.5, 0.6) is 0 Å². The molecule has 0 spiro atoms. The number of hydrogen-bond acceptors (Lipinski definition) is 2. The van der Waals surface area contributed by atoms with E-state index in [9.17, 15) is 0 Å². The van der Waals surface area contributed by atoms with E-state index in [0.717, 1.165) is 12.1 Å². The molecular formula is C17H15NS. The molecule has 1 aromatic carbocycles. The summed E-state index contributed by atoms with van der Waals surface area (Å²) in [7, 11) is 0. The van der Waals surface area contributed by atoms with Gasteiger partial charge in [-0.25, -0.2) is 0 Å². The molecule has 0 unspecified atom stereocenters. The molecule has 0 radical (unpaired) electrons. The van der Waals surface area contributed by atoms with Crippen LogP contribution in [-0.2, 0) is 6.42 Å². The molecule has 0 N–H and O–H groups in total. The monoisotopic (exact) mass is 265 g/mol. The first-order valence-corrected chi connectivity index (χ1v) is 7.19. The van der Waals surface area contributed by atoms with E-state index in [4.69, 9.17) is 0 Å². The van der Waals surface area contributed by atoms with Crippen LogP contribution in [0.4, 0.5) is 0 Å². The van der Waals surface area contributed by atoms with Gasteiger partial charge in [0.25, 0.3) is 0 Å². The number of aromatic nitrogens is 1. The highest BCUT2D eigenvalue weighted by Crippen LogP contribution is 2.30. The van der Waals surface area contributed by atoms with Crippen LogP contribution in [0.1, 0.15) is 16.0 Å². The fraction of sp³-hybridized carbons (Fsp3) is 0.118. The van der Waals surface area contributed by atoms with Crippen molar-refractivity contribution >= 4 is 11.3 Å². The maximum atomic E-state index is 4.42. The molecule has 0 atom stereocenters. The quantitative estimate of drug-likeness (QED) is 0.668. The minimum absolute atomic E-state index is 0.996. The van der Waals surface area contributed by atoms with Gasteiger partial charge in [-0.3, -0.25) is 4.98 Å². The zero-order valence-corrected chi connectivity index (χ0v) is 11.7. The second-order valence-corrected chi connectivity index (χ2v) is 5.83. The Morgan fingerprint density at radius 3 is 2.53 bits per heavy atom. The van der Waals surface area contributed by atoms with E-state index in [1.165, 1.54) is 20.9 Å². The first-order valence-electron chi connectivity index (χ1n) is 6.37. The van der Waals surface area contributed by atoms with Gasteiger partial charge in [-0.2, -0.15) is 0 Å². The number of benzene rings is 1. The van der Waals surface area contributed by atoms with Crippen molar-refractivity contribution in [3.63, 3.8) is 0 Å². The second-order valence-electron chi connectivity index (χ2n) is 4.57. The Balaban J connectivity index is 1.90. The van der Waals surface area contributed by atoms with Gasteiger partial charge < -0.3 is 0 Å². The molecule has 2 heteroatoms. The van der Waals surface area contributed by atoms with Gasteiger partial charge in [0, 0.05) is 11.1 Å². The van der Waals surface area contributed by atoms with E-state index in [1.54, 1.807) is 0 Å². The molecule has 0 saturated carbocycles. The molecule has 1 nitrogen and oxygen atoms in total. The van der Waals surface area contributed by atoms with Crippen LogP contribution in [0, 0.1) is 6.92 Å². The summed E-state index contributed by atoms with van der Waals surface area (Å²) >= 11 is 1.82. The highest BCUT2D eigenvalue weighted by atomic mass is 32.1. The predicted octanol–water partition coefficient (Wildman–Crippen LogP) is 4.71. The number of hydrogen-bond donors (Lipinski definition) is 0. The summed E-state index contributed by atoms with van der Waals surface area (Å²) < 4.78 is 0. The third-order valence-electron chi connectivity index (χ3n) is 3.18. The van der Waals surface area contributed by atoms with Crippen LogP contribution in [0.25, 0.3) is 10.6 Å². The van der Waals surface area contributed by atoms with E-state index in [1.807, 2.05) is 29.7 Å². The fourth-order valence-corrected chi connectivity index (χ4v) is 3.16. The molecule has 2 heterocycles. The van der Waals surface area contributed by atoms with Gasteiger partial charge in [0.05, 0.1) is 10.6 Å². The van der Waals surface area contributed by atoms with Crippen LogP contribution < -0.4 is 0 Å². The maximum absolute atomic E-state index is 4.42.